The molecule has 0 N–H and O–H groups in total. The Morgan fingerprint density at radius 2 is 0.667 bits per heavy atom. The van der Waals surface area contributed by atoms with Gasteiger partial charge in [0.05, 0.1) is 0 Å². The summed E-state index contributed by atoms with van der Waals surface area (Å²) in [7, 11) is 14.8. The van der Waals surface area contributed by atoms with Crippen molar-refractivity contribution >= 4 is 48.4 Å². The van der Waals surface area contributed by atoms with Crippen LogP contribution in [-0.4, -0.2) is 64.7 Å². The maximum atomic E-state index is 6.39. The molecule has 0 saturated carbocycles. The molecule has 16 rings (SSSR count). The van der Waals surface area contributed by atoms with Crippen LogP contribution in [0.3, 0.4) is 0 Å². The molecule has 0 aromatic heterocycles. The monoisotopic (exact) mass is 1160 g/mol. The fourth-order valence-corrected chi connectivity index (χ4v) is 140. The Bertz CT molecular complexity index is 3860. The van der Waals surface area contributed by atoms with Gasteiger partial charge in [-0.2, -0.15) is 0 Å². The topological polar surface area (TPSA) is 43.4 Å². The van der Waals surface area contributed by atoms with Gasteiger partial charge in [-0.1, -0.05) is 0 Å². The van der Waals surface area contributed by atoms with Gasteiger partial charge in [-0.15, -0.1) is 0 Å². The predicted molar refractivity (Wildman–Crippen MR) is 341 cm³/mol. The zero-order valence-corrected chi connectivity index (χ0v) is 55.1. The standard InChI is InChI=1S/2C36H45NO2P.Fe/c2*1-35(2,3)29-23-27(18-20-32(29)38-9)40(28-19-21-33(39-10)30(24-28)36(4,5)6)34-17-13-15-26(34)22-25-14-11-12-16-31(25)37(7)8;/h2*11-21,23-24H,22H2,1-10H3;. The van der Waals surface area contributed by atoms with E-state index in [9.17, 15) is 0 Å². The average molecular weight is 1170 g/mol. The Morgan fingerprint density at radius 3 is 0.901 bits per heavy atom. The van der Waals surface area contributed by atoms with Crippen LogP contribution >= 0.6 is 15.8 Å². The fraction of sp³-hybridized carbons (Fsp3) is 0.500. The number of hydrogen-bond acceptors (Lipinski definition) is 6. The molecule has 0 amide bonds. The SMILES string of the molecule is COc1ccc(P(c2ccc(OC)c(C(C)(C)C)c2)[C@]23[CH]4[CH]5[CH]6[C]2(Cc2ccccc2N(C)C)[Fe]56432789[CH]3[CH]2[C]7(Cc2ccccc2N(C)C)[C@]8(P(c2ccc(OC)c(C(C)(C)C)c2)c2ccc(OC)c(C(C)(C)C)c2)[CH]39)cc1C(C)(C)C. The molecule has 6 nitrogen and oxygen atoms in total. The third kappa shape index (κ3) is 2.53. The summed E-state index contributed by atoms with van der Waals surface area (Å²) >= 11 is 0. The second kappa shape index (κ2) is 11.3. The minimum atomic E-state index is -5.56. The maximum absolute atomic E-state index is 6.39. The Balaban J connectivity index is 1.09. The molecule has 430 valence electrons. The van der Waals surface area contributed by atoms with E-state index in [-0.39, 0.29) is 38.4 Å². The van der Waals surface area contributed by atoms with Crippen LogP contribution in [0.5, 0.6) is 23.0 Å². The molecule has 8 unspecified atom stereocenters. The summed E-state index contributed by atoms with van der Waals surface area (Å²) in [6.45, 7) is 23.2. The third-order valence-electron chi connectivity index (χ3n) is 29.1. The third-order valence-corrected chi connectivity index (χ3v) is 87.6. The molecule has 10 saturated heterocycles. The molecule has 10 atom stereocenters. The first-order valence-electron chi connectivity index (χ1n) is 30.0. The van der Waals surface area contributed by atoms with Crippen molar-refractivity contribution < 1.29 is 25.5 Å². The van der Waals surface area contributed by atoms with Crippen LogP contribution in [0.4, 0.5) is 11.4 Å². The van der Waals surface area contributed by atoms with E-state index < -0.39 is 22.4 Å². The summed E-state index contributed by atoms with van der Waals surface area (Å²) in [6.07, 6.45) is 2.40. The molecule has 10 aliphatic rings. The number of benzene rings is 6. The van der Waals surface area contributed by atoms with Gasteiger partial charge in [0, 0.05) is 0 Å². The van der Waals surface area contributed by atoms with E-state index in [1.807, 2.05) is 28.4 Å². The van der Waals surface area contributed by atoms with Crippen LogP contribution in [0.1, 0.15) is 116 Å². The molecule has 0 bridgehead atoms. The van der Waals surface area contributed by atoms with Gasteiger partial charge in [-0.3, -0.25) is 0 Å². The van der Waals surface area contributed by atoms with Crippen molar-refractivity contribution in [1.29, 1.82) is 0 Å². The molecule has 0 radical (unpaired) electrons. The molecule has 6 aromatic rings. The molecule has 10 aliphatic heterocycles. The predicted octanol–water partition coefficient (Wildman–Crippen LogP) is 16.0. The Kier molecular flexibility index (Phi) is 7.27. The van der Waals surface area contributed by atoms with Gasteiger partial charge in [-0.25, -0.2) is 0 Å². The first kappa shape index (κ1) is 52.1. The van der Waals surface area contributed by atoms with Crippen molar-refractivity contribution in [1.82, 2.24) is 0 Å². The number of para-hydroxylation sites is 2. The first-order chi connectivity index (χ1) is 37.9. The van der Waals surface area contributed by atoms with Crippen molar-refractivity contribution in [2.24, 2.45) is 0 Å². The fourth-order valence-electron chi connectivity index (χ4n) is 29.7. The van der Waals surface area contributed by atoms with Crippen LogP contribution in [0, 0.1) is 0 Å². The normalized spacial score (nSPS) is 37.8. The van der Waals surface area contributed by atoms with Crippen molar-refractivity contribution in [2.45, 2.75) is 163 Å². The second-order valence-electron chi connectivity index (χ2n) is 32.8. The number of nitrogens with zero attached hydrogens (tertiary/aromatic N) is 2. The Hall–Kier alpha value is -4.50. The molecular weight excluding hydrogens is 1070 g/mol. The molecular formula is C72H90FeN2O4P2. The minimum absolute atomic E-state index is 0.124. The summed E-state index contributed by atoms with van der Waals surface area (Å²) in [6, 6.07) is 50.2. The molecule has 1 spiro atoms. The Morgan fingerprint density at radius 1 is 0.395 bits per heavy atom. The summed E-state index contributed by atoms with van der Waals surface area (Å²) in [5.41, 5.74) is 10.8. The van der Waals surface area contributed by atoms with Gasteiger partial charge in [0.2, 0.25) is 0 Å². The van der Waals surface area contributed by atoms with Crippen molar-refractivity contribution in [2.75, 3.05) is 66.4 Å². The summed E-state index contributed by atoms with van der Waals surface area (Å²) in [4.78, 5) is 9.95. The van der Waals surface area contributed by atoms with Gasteiger partial charge in [0.15, 0.2) is 0 Å². The number of ether oxygens (including phenoxy) is 4. The van der Waals surface area contributed by atoms with Crippen LogP contribution in [-0.2, 0) is 41.0 Å². The van der Waals surface area contributed by atoms with E-state index in [2.05, 4.69) is 242 Å². The van der Waals surface area contributed by atoms with Crippen molar-refractivity contribution in [3.63, 3.8) is 0 Å². The average Bonchev–Trinajstić information content (AvgIpc) is 1.02. The van der Waals surface area contributed by atoms with Crippen LogP contribution in [0.2, 0.25) is 37.5 Å². The van der Waals surface area contributed by atoms with Crippen molar-refractivity contribution in [3.8, 4) is 23.0 Å². The van der Waals surface area contributed by atoms with Crippen LogP contribution in [0.15, 0.2) is 121 Å². The van der Waals surface area contributed by atoms with E-state index in [0.717, 1.165) is 51.9 Å². The number of anilines is 2. The molecule has 0 aliphatic carbocycles. The van der Waals surface area contributed by atoms with Crippen molar-refractivity contribution in [3.05, 3.63) is 155 Å². The van der Waals surface area contributed by atoms with E-state index in [1.54, 1.807) is 32.3 Å². The van der Waals surface area contributed by atoms with E-state index >= 15 is 0 Å². The molecule has 6 aromatic carbocycles. The molecule has 81 heavy (non-hydrogen) atoms. The summed E-state index contributed by atoms with van der Waals surface area (Å²) in [5.74, 6) is 4.02. The Labute approximate surface area is 478 Å². The van der Waals surface area contributed by atoms with Gasteiger partial charge < -0.3 is 0 Å². The van der Waals surface area contributed by atoms with Gasteiger partial charge in [0.1, 0.15) is 0 Å². The van der Waals surface area contributed by atoms with Crippen LogP contribution in [0.25, 0.3) is 0 Å². The molecule has 10 heterocycles. The number of rotatable bonds is 16. The zero-order chi connectivity index (χ0) is 57.7. The zero-order valence-electron chi connectivity index (χ0n) is 52.2. The number of fused-ring (bicyclic) bond motifs is 10. The second-order valence-corrected chi connectivity index (χ2v) is 61.1. The van der Waals surface area contributed by atoms with E-state index in [0.29, 0.717) is 0 Å². The van der Waals surface area contributed by atoms with E-state index in [1.165, 1.54) is 46.5 Å². The number of methoxy groups -OCH3 is 4. The summed E-state index contributed by atoms with van der Waals surface area (Å²) < 4.78 is 26.5. The van der Waals surface area contributed by atoms with Gasteiger partial charge in [0.25, 0.3) is 0 Å². The van der Waals surface area contributed by atoms with E-state index in [4.69, 9.17) is 18.9 Å². The van der Waals surface area contributed by atoms with Gasteiger partial charge in [-0.05, 0) is 0 Å². The molecule has 9 heteroatoms. The number of hydrogen-bond donors (Lipinski definition) is 0. The first-order valence-corrected chi connectivity index (χ1v) is 38.7. The summed E-state index contributed by atoms with van der Waals surface area (Å²) in [5, 5.41) is 6.32. The molecule has 10 fully saturated rings. The van der Waals surface area contributed by atoms with Crippen LogP contribution < -0.4 is 50.0 Å². The van der Waals surface area contributed by atoms with Gasteiger partial charge >= 0.3 is 481 Å². The quantitative estimate of drug-likeness (QED) is 0.0711.